The molecule has 0 unspecified atom stereocenters. The third kappa shape index (κ3) is 4.25. The van der Waals surface area contributed by atoms with Crippen molar-refractivity contribution in [3.63, 3.8) is 0 Å². The highest BCUT2D eigenvalue weighted by Crippen LogP contribution is 2.30. The Morgan fingerprint density at radius 3 is 2.47 bits per heavy atom. The van der Waals surface area contributed by atoms with E-state index < -0.39 is 0 Å². The fraction of sp³-hybridized carbons (Fsp3) is 0.174. The molecule has 1 aromatic heterocycles. The largest absolute Gasteiger partial charge is 0.497 e. The molecule has 0 amide bonds. The highest BCUT2D eigenvalue weighted by atomic mass is 16.5. The second-order valence-corrected chi connectivity index (χ2v) is 6.71. The van der Waals surface area contributed by atoms with Crippen molar-refractivity contribution in [3.8, 4) is 11.5 Å². The molecule has 2 N–H and O–H groups in total. The summed E-state index contributed by atoms with van der Waals surface area (Å²) in [6, 6.07) is 20.1. The number of fused-ring (bicyclic) bond motifs is 1. The van der Waals surface area contributed by atoms with E-state index in [0.29, 0.717) is 35.8 Å². The molecule has 0 spiro atoms. The van der Waals surface area contributed by atoms with Crippen LogP contribution in [0.15, 0.2) is 60.7 Å². The van der Waals surface area contributed by atoms with E-state index in [1.54, 1.807) is 20.3 Å². The molecule has 7 heteroatoms. The fourth-order valence-corrected chi connectivity index (χ4v) is 3.26. The summed E-state index contributed by atoms with van der Waals surface area (Å²) in [5.41, 5.74) is 1.92. The number of anilines is 3. The van der Waals surface area contributed by atoms with Gasteiger partial charge in [-0.2, -0.15) is 15.0 Å². The third-order valence-electron chi connectivity index (χ3n) is 4.72. The van der Waals surface area contributed by atoms with Crippen molar-refractivity contribution >= 4 is 28.4 Å². The lowest BCUT2D eigenvalue weighted by Crippen LogP contribution is -2.09. The summed E-state index contributed by atoms with van der Waals surface area (Å²) < 4.78 is 10.7. The zero-order valence-corrected chi connectivity index (χ0v) is 17.1. The fourth-order valence-electron chi connectivity index (χ4n) is 3.26. The lowest BCUT2D eigenvalue weighted by atomic mass is 10.0. The number of aryl methyl sites for hydroxylation is 1. The van der Waals surface area contributed by atoms with E-state index in [1.165, 1.54) is 16.3 Å². The summed E-state index contributed by atoms with van der Waals surface area (Å²) in [7, 11) is 3.22. The van der Waals surface area contributed by atoms with Gasteiger partial charge in [0.15, 0.2) is 0 Å². The Labute approximate surface area is 175 Å². The standard InChI is InChI=1S/C23H23N5O2/c1-15-25-22(24-14-17-9-6-8-16-7-4-5-10-19(16)17)28-23(26-15)27-20-12-11-18(29-2)13-21(20)30-3/h4-13H,14H2,1-3H3,(H2,24,25,26,27,28). The van der Waals surface area contributed by atoms with Gasteiger partial charge in [-0.15, -0.1) is 0 Å². The number of ether oxygens (including phenoxy) is 2. The topological polar surface area (TPSA) is 81.2 Å². The normalized spacial score (nSPS) is 10.6. The lowest BCUT2D eigenvalue weighted by Gasteiger charge is -2.13. The summed E-state index contributed by atoms with van der Waals surface area (Å²) in [6.45, 7) is 2.44. The minimum absolute atomic E-state index is 0.436. The quantitative estimate of drug-likeness (QED) is 0.464. The summed E-state index contributed by atoms with van der Waals surface area (Å²) in [5.74, 6) is 2.90. The van der Waals surface area contributed by atoms with Crippen molar-refractivity contribution in [2.24, 2.45) is 0 Å². The molecule has 0 aliphatic heterocycles. The highest BCUT2D eigenvalue weighted by Gasteiger charge is 2.10. The average molecular weight is 401 g/mol. The maximum atomic E-state index is 5.44. The Bertz CT molecular complexity index is 1170. The Morgan fingerprint density at radius 2 is 1.63 bits per heavy atom. The predicted octanol–water partition coefficient (Wildman–Crippen LogP) is 4.71. The van der Waals surface area contributed by atoms with E-state index >= 15 is 0 Å². The number of hydrogen-bond acceptors (Lipinski definition) is 7. The zero-order valence-electron chi connectivity index (χ0n) is 17.1. The second-order valence-electron chi connectivity index (χ2n) is 6.71. The molecular weight excluding hydrogens is 378 g/mol. The van der Waals surface area contributed by atoms with Crippen molar-refractivity contribution in [2.45, 2.75) is 13.5 Å². The van der Waals surface area contributed by atoms with Gasteiger partial charge < -0.3 is 20.1 Å². The molecule has 152 valence electrons. The van der Waals surface area contributed by atoms with Crippen LogP contribution in [-0.4, -0.2) is 29.2 Å². The first kappa shape index (κ1) is 19.4. The second kappa shape index (κ2) is 8.65. The van der Waals surface area contributed by atoms with E-state index in [1.807, 2.05) is 31.2 Å². The van der Waals surface area contributed by atoms with Crippen molar-refractivity contribution < 1.29 is 9.47 Å². The molecule has 4 aromatic rings. The Morgan fingerprint density at radius 1 is 0.833 bits per heavy atom. The first-order valence-corrected chi connectivity index (χ1v) is 9.58. The van der Waals surface area contributed by atoms with Crippen LogP contribution in [0.1, 0.15) is 11.4 Å². The molecule has 0 radical (unpaired) electrons. The number of nitrogens with one attached hydrogen (secondary N) is 2. The SMILES string of the molecule is COc1ccc(Nc2nc(C)nc(NCc3cccc4ccccc34)n2)c(OC)c1. The van der Waals surface area contributed by atoms with Gasteiger partial charge in [-0.3, -0.25) is 0 Å². The van der Waals surface area contributed by atoms with Gasteiger partial charge in [-0.25, -0.2) is 0 Å². The molecule has 3 aromatic carbocycles. The maximum absolute atomic E-state index is 5.44. The monoisotopic (exact) mass is 401 g/mol. The molecule has 0 atom stereocenters. The Kier molecular flexibility index (Phi) is 5.61. The number of methoxy groups -OCH3 is 2. The zero-order chi connectivity index (χ0) is 20.9. The summed E-state index contributed by atoms with van der Waals surface area (Å²) in [6.07, 6.45) is 0. The van der Waals surface area contributed by atoms with E-state index in [4.69, 9.17) is 9.47 Å². The van der Waals surface area contributed by atoms with Crippen LogP contribution in [0, 0.1) is 6.92 Å². The number of hydrogen-bond donors (Lipinski definition) is 2. The van der Waals surface area contributed by atoms with Gasteiger partial charge in [-0.1, -0.05) is 42.5 Å². The van der Waals surface area contributed by atoms with Crippen LogP contribution in [0.3, 0.4) is 0 Å². The molecule has 0 saturated carbocycles. The first-order chi connectivity index (χ1) is 14.7. The smallest absolute Gasteiger partial charge is 0.232 e. The Hall–Kier alpha value is -3.87. The van der Waals surface area contributed by atoms with E-state index in [2.05, 4.69) is 55.9 Å². The van der Waals surface area contributed by atoms with Crippen LogP contribution in [0.5, 0.6) is 11.5 Å². The lowest BCUT2D eigenvalue weighted by molar-refractivity contribution is 0.395. The predicted molar refractivity (Wildman–Crippen MR) is 119 cm³/mol. The average Bonchev–Trinajstić information content (AvgIpc) is 2.77. The van der Waals surface area contributed by atoms with E-state index in [9.17, 15) is 0 Å². The molecule has 0 aliphatic carbocycles. The molecule has 0 bridgehead atoms. The Balaban J connectivity index is 1.55. The molecule has 7 nitrogen and oxygen atoms in total. The van der Waals surface area contributed by atoms with Crippen molar-refractivity contribution in [2.75, 3.05) is 24.9 Å². The van der Waals surface area contributed by atoms with Gasteiger partial charge in [0.1, 0.15) is 17.3 Å². The molecule has 0 aliphatic rings. The van der Waals surface area contributed by atoms with Crippen LogP contribution in [-0.2, 0) is 6.54 Å². The molecular formula is C23H23N5O2. The minimum atomic E-state index is 0.436. The van der Waals surface area contributed by atoms with Gasteiger partial charge in [0.2, 0.25) is 11.9 Å². The molecule has 0 fully saturated rings. The van der Waals surface area contributed by atoms with Gasteiger partial charge in [0.25, 0.3) is 0 Å². The van der Waals surface area contributed by atoms with Gasteiger partial charge in [-0.05, 0) is 35.4 Å². The van der Waals surface area contributed by atoms with Crippen LogP contribution in [0.4, 0.5) is 17.6 Å². The molecule has 30 heavy (non-hydrogen) atoms. The third-order valence-corrected chi connectivity index (χ3v) is 4.72. The molecule has 0 saturated heterocycles. The van der Waals surface area contributed by atoms with Crippen LogP contribution in [0.25, 0.3) is 10.8 Å². The maximum Gasteiger partial charge on any atom is 0.232 e. The van der Waals surface area contributed by atoms with Crippen LogP contribution in [0.2, 0.25) is 0 Å². The number of benzene rings is 3. The van der Waals surface area contributed by atoms with Gasteiger partial charge >= 0.3 is 0 Å². The van der Waals surface area contributed by atoms with Crippen LogP contribution < -0.4 is 20.1 Å². The van der Waals surface area contributed by atoms with Gasteiger partial charge in [0, 0.05) is 12.6 Å². The number of nitrogens with zero attached hydrogens (tertiary/aromatic N) is 3. The summed E-state index contributed by atoms with van der Waals surface area (Å²) >= 11 is 0. The summed E-state index contributed by atoms with van der Waals surface area (Å²) in [5, 5.41) is 8.93. The highest BCUT2D eigenvalue weighted by molar-refractivity contribution is 5.85. The van der Waals surface area contributed by atoms with Crippen molar-refractivity contribution in [1.82, 2.24) is 15.0 Å². The number of aromatic nitrogens is 3. The minimum Gasteiger partial charge on any atom is -0.497 e. The number of rotatable bonds is 7. The van der Waals surface area contributed by atoms with Crippen molar-refractivity contribution in [1.29, 1.82) is 0 Å². The summed E-state index contributed by atoms with van der Waals surface area (Å²) in [4.78, 5) is 13.3. The molecule has 4 rings (SSSR count). The van der Waals surface area contributed by atoms with Crippen LogP contribution >= 0.6 is 0 Å². The molecule has 1 heterocycles. The van der Waals surface area contributed by atoms with Crippen molar-refractivity contribution in [3.05, 3.63) is 72.1 Å². The first-order valence-electron chi connectivity index (χ1n) is 9.58. The van der Waals surface area contributed by atoms with E-state index in [-0.39, 0.29) is 0 Å². The van der Waals surface area contributed by atoms with Gasteiger partial charge in [0.05, 0.1) is 19.9 Å². The van der Waals surface area contributed by atoms with E-state index in [0.717, 1.165) is 5.69 Å².